The molecule has 0 saturated carbocycles. The van der Waals surface area contributed by atoms with E-state index in [2.05, 4.69) is 16.0 Å². The van der Waals surface area contributed by atoms with Gasteiger partial charge in [-0.3, -0.25) is 4.79 Å². The van der Waals surface area contributed by atoms with Crippen molar-refractivity contribution in [1.82, 2.24) is 16.0 Å². The summed E-state index contributed by atoms with van der Waals surface area (Å²) in [7, 11) is 0. The highest BCUT2D eigenvalue weighted by Crippen LogP contribution is 2.20. The Bertz CT molecular complexity index is 749. The molecule has 0 radical (unpaired) electrons. The topological polar surface area (TPSA) is 106 Å². The Morgan fingerprint density at radius 3 is 2.00 bits per heavy atom. The largest absolute Gasteiger partial charge is 0.445 e. The molecule has 0 saturated heterocycles. The SMILES string of the molecule is CC(C)(C)OC(=O)N[C@H](CNC(=O)C(C)(C)NC(=O)OCc1ccccc1)C(C)(C)C. The van der Waals surface area contributed by atoms with Crippen LogP contribution in [0, 0.1) is 5.41 Å². The van der Waals surface area contributed by atoms with E-state index in [1.165, 1.54) is 0 Å². The number of rotatable bonds is 7. The smallest absolute Gasteiger partial charge is 0.408 e. The second-order valence-electron chi connectivity index (χ2n) is 10.1. The van der Waals surface area contributed by atoms with Crippen molar-refractivity contribution in [3.63, 3.8) is 0 Å². The van der Waals surface area contributed by atoms with Crippen molar-refractivity contribution in [2.45, 2.75) is 79.2 Å². The van der Waals surface area contributed by atoms with Gasteiger partial charge in [0.2, 0.25) is 5.91 Å². The molecule has 0 aliphatic heterocycles. The Morgan fingerprint density at radius 1 is 0.903 bits per heavy atom. The molecular weight excluding hydrogens is 398 g/mol. The number of nitrogens with one attached hydrogen (secondary N) is 3. The van der Waals surface area contributed by atoms with Gasteiger partial charge in [-0.15, -0.1) is 0 Å². The first-order chi connectivity index (χ1) is 14.1. The van der Waals surface area contributed by atoms with Gasteiger partial charge in [-0.25, -0.2) is 9.59 Å². The van der Waals surface area contributed by atoms with Crippen LogP contribution in [0.3, 0.4) is 0 Å². The lowest BCUT2D eigenvalue weighted by Gasteiger charge is -2.33. The van der Waals surface area contributed by atoms with E-state index in [0.717, 1.165) is 5.56 Å². The maximum atomic E-state index is 12.7. The van der Waals surface area contributed by atoms with E-state index in [4.69, 9.17) is 9.47 Å². The summed E-state index contributed by atoms with van der Waals surface area (Å²) in [6.45, 7) is 14.6. The fourth-order valence-corrected chi connectivity index (χ4v) is 2.51. The van der Waals surface area contributed by atoms with Crippen LogP contribution in [0.25, 0.3) is 0 Å². The van der Waals surface area contributed by atoms with Crippen molar-refractivity contribution in [2.24, 2.45) is 5.41 Å². The van der Waals surface area contributed by atoms with Gasteiger partial charge in [-0.1, -0.05) is 51.1 Å². The molecule has 8 nitrogen and oxygen atoms in total. The Hall–Kier alpha value is -2.77. The molecule has 8 heteroatoms. The Balaban J connectivity index is 2.62. The zero-order valence-electron chi connectivity index (χ0n) is 19.9. The number of alkyl carbamates (subject to hydrolysis) is 2. The van der Waals surface area contributed by atoms with Gasteiger partial charge in [-0.2, -0.15) is 0 Å². The van der Waals surface area contributed by atoms with E-state index in [1.54, 1.807) is 34.6 Å². The Morgan fingerprint density at radius 2 is 1.48 bits per heavy atom. The quantitative estimate of drug-likeness (QED) is 0.605. The zero-order valence-corrected chi connectivity index (χ0v) is 19.9. The molecule has 3 N–H and O–H groups in total. The molecule has 0 aliphatic rings. The third-order valence-corrected chi connectivity index (χ3v) is 4.40. The minimum Gasteiger partial charge on any atom is -0.445 e. The molecule has 1 aromatic rings. The van der Waals surface area contributed by atoms with E-state index in [1.807, 2.05) is 51.1 Å². The molecule has 31 heavy (non-hydrogen) atoms. The van der Waals surface area contributed by atoms with Gasteiger partial charge in [0.1, 0.15) is 17.7 Å². The first kappa shape index (κ1) is 26.3. The van der Waals surface area contributed by atoms with Crippen molar-refractivity contribution >= 4 is 18.1 Å². The van der Waals surface area contributed by atoms with Crippen LogP contribution in [-0.4, -0.2) is 41.8 Å². The van der Waals surface area contributed by atoms with Crippen molar-refractivity contribution in [2.75, 3.05) is 6.54 Å². The molecule has 0 heterocycles. The zero-order chi connectivity index (χ0) is 23.9. The predicted octanol–water partition coefficient (Wildman–Crippen LogP) is 3.75. The van der Waals surface area contributed by atoms with Crippen LogP contribution in [0.15, 0.2) is 30.3 Å². The van der Waals surface area contributed by atoms with Crippen LogP contribution < -0.4 is 16.0 Å². The number of amides is 3. The lowest BCUT2D eigenvalue weighted by atomic mass is 9.86. The van der Waals surface area contributed by atoms with Crippen molar-refractivity contribution < 1.29 is 23.9 Å². The van der Waals surface area contributed by atoms with Crippen molar-refractivity contribution in [3.8, 4) is 0 Å². The third kappa shape index (κ3) is 10.2. The molecule has 174 valence electrons. The van der Waals surface area contributed by atoms with Gasteiger partial charge < -0.3 is 25.4 Å². The van der Waals surface area contributed by atoms with Gasteiger partial charge in [0.15, 0.2) is 0 Å². The lowest BCUT2D eigenvalue weighted by molar-refractivity contribution is -0.126. The van der Waals surface area contributed by atoms with Crippen LogP contribution in [0.2, 0.25) is 0 Å². The molecule has 1 atom stereocenters. The highest BCUT2D eigenvalue weighted by Gasteiger charge is 2.33. The normalized spacial score (nSPS) is 13.0. The molecule has 0 fully saturated rings. The maximum absolute atomic E-state index is 12.7. The van der Waals surface area contributed by atoms with E-state index in [9.17, 15) is 14.4 Å². The molecule has 1 rings (SSSR count). The maximum Gasteiger partial charge on any atom is 0.408 e. The fraction of sp³-hybridized carbons (Fsp3) is 0.609. The fourth-order valence-electron chi connectivity index (χ4n) is 2.51. The highest BCUT2D eigenvalue weighted by atomic mass is 16.6. The predicted molar refractivity (Wildman–Crippen MR) is 119 cm³/mol. The number of ether oxygens (including phenoxy) is 2. The van der Waals surface area contributed by atoms with Crippen LogP contribution in [-0.2, 0) is 20.9 Å². The molecule has 0 aliphatic carbocycles. The Labute approximate surface area is 185 Å². The van der Waals surface area contributed by atoms with Gasteiger partial charge in [0, 0.05) is 6.54 Å². The van der Waals surface area contributed by atoms with Crippen molar-refractivity contribution in [3.05, 3.63) is 35.9 Å². The van der Waals surface area contributed by atoms with Gasteiger partial charge in [0.25, 0.3) is 0 Å². The summed E-state index contributed by atoms with van der Waals surface area (Å²) >= 11 is 0. The van der Waals surface area contributed by atoms with Crippen LogP contribution in [0.1, 0.15) is 61.0 Å². The molecule has 0 aromatic heterocycles. The van der Waals surface area contributed by atoms with Gasteiger partial charge in [-0.05, 0) is 45.6 Å². The molecule has 1 aromatic carbocycles. The number of benzene rings is 1. The summed E-state index contributed by atoms with van der Waals surface area (Å²) in [5.74, 6) is -0.399. The number of hydrogen-bond acceptors (Lipinski definition) is 5. The average Bonchev–Trinajstić information content (AvgIpc) is 2.61. The van der Waals surface area contributed by atoms with Gasteiger partial charge in [0.05, 0.1) is 6.04 Å². The van der Waals surface area contributed by atoms with E-state index in [-0.39, 0.29) is 24.6 Å². The van der Waals surface area contributed by atoms with Crippen molar-refractivity contribution in [1.29, 1.82) is 0 Å². The summed E-state index contributed by atoms with van der Waals surface area (Å²) in [6.07, 6.45) is -1.24. The van der Waals surface area contributed by atoms with Crippen LogP contribution in [0.5, 0.6) is 0 Å². The summed E-state index contributed by atoms with van der Waals surface area (Å²) in [5.41, 5.74) is -1.32. The number of carbonyl (C=O) groups is 3. The molecular formula is C23H37N3O5. The minimum atomic E-state index is -1.21. The monoisotopic (exact) mass is 435 g/mol. The molecule has 0 spiro atoms. The molecule has 0 bridgehead atoms. The van der Waals surface area contributed by atoms with E-state index < -0.39 is 29.2 Å². The van der Waals surface area contributed by atoms with E-state index >= 15 is 0 Å². The Kier molecular flexibility index (Phi) is 8.90. The standard InChI is InChI=1S/C23H37N3O5/c1-21(2,3)17(25-19(28)31-22(4,5)6)14-24-18(27)23(7,8)26-20(29)30-15-16-12-10-9-11-13-16/h9-13,17H,14-15H2,1-8H3,(H,24,27)(H,25,28)(H,26,29)/t17-/m1/s1. The van der Waals surface area contributed by atoms with E-state index in [0.29, 0.717) is 0 Å². The minimum absolute atomic E-state index is 0.107. The molecule has 3 amide bonds. The van der Waals surface area contributed by atoms with Crippen LogP contribution in [0.4, 0.5) is 9.59 Å². The summed E-state index contributed by atoms with van der Waals surface area (Å²) in [6, 6.07) is 8.88. The first-order valence-corrected chi connectivity index (χ1v) is 10.4. The number of carbonyl (C=O) groups excluding carboxylic acids is 3. The highest BCUT2D eigenvalue weighted by molar-refractivity contribution is 5.89. The molecule has 0 unspecified atom stereocenters. The summed E-state index contributed by atoms with van der Waals surface area (Å²) in [5, 5.41) is 8.18. The second-order valence-corrected chi connectivity index (χ2v) is 10.1. The second kappa shape index (κ2) is 10.5. The first-order valence-electron chi connectivity index (χ1n) is 10.4. The summed E-state index contributed by atoms with van der Waals surface area (Å²) < 4.78 is 10.5. The summed E-state index contributed by atoms with van der Waals surface area (Å²) in [4.78, 5) is 37.0. The van der Waals surface area contributed by atoms with Gasteiger partial charge >= 0.3 is 12.2 Å². The third-order valence-electron chi connectivity index (χ3n) is 4.40. The number of hydrogen-bond donors (Lipinski definition) is 3. The van der Waals surface area contributed by atoms with Crippen LogP contribution >= 0.6 is 0 Å². The lowest BCUT2D eigenvalue weighted by Crippen LogP contribution is -2.58. The average molecular weight is 436 g/mol.